The predicted octanol–water partition coefficient (Wildman–Crippen LogP) is 1.68. The number of aryl methyl sites for hydroxylation is 1. The number of pyridine rings is 1. The fourth-order valence-electron chi connectivity index (χ4n) is 1.82. The van der Waals surface area contributed by atoms with Gasteiger partial charge in [0.2, 0.25) is 11.0 Å². The SMILES string of the molecule is Cc1ccc([N+](=O)[O-])c(=O)n1CC(=O)Nc1nnc(C(C)C)s1. The number of carbonyl (C=O) groups excluding carboxylic acids is 1. The molecule has 2 rings (SSSR count). The molecule has 9 nitrogen and oxygen atoms in total. The van der Waals surface area contributed by atoms with Gasteiger partial charge in [0.1, 0.15) is 11.6 Å². The van der Waals surface area contributed by atoms with Crippen molar-refractivity contribution in [3.63, 3.8) is 0 Å². The molecule has 10 heteroatoms. The van der Waals surface area contributed by atoms with E-state index >= 15 is 0 Å². The molecule has 2 aromatic rings. The summed E-state index contributed by atoms with van der Waals surface area (Å²) in [4.78, 5) is 34.1. The number of carbonyl (C=O) groups is 1. The molecular weight excluding hydrogens is 322 g/mol. The monoisotopic (exact) mass is 337 g/mol. The fraction of sp³-hybridized carbons (Fsp3) is 0.385. The van der Waals surface area contributed by atoms with Gasteiger partial charge in [0.05, 0.1) is 4.92 Å². The van der Waals surface area contributed by atoms with E-state index in [1.165, 1.54) is 17.4 Å². The van der Waals surface area contributed by atoms with Crippen LogP contribution in [0, 0.1) is 17.0 Å². The summed E-state index contributed by atoms with van der Waals surface area (Å²) in [6, 6.07) is 2.56. The number of aromatic nitrogens is 3. The van der Waals surface area contributed by atoms with Crippen LogP contribution in [0.15, 0.2) is 16.9 Å². The van der Waals surface area contributed by atoms with Crippen LogP contribution in [0.5, 0.6) is 0 Å². The smallest absolute Gasteiger partial charge is 0.299 e. The van der Waals surface area contributed by atoms with Gasteiger partial charge in [-0.3, -0.25) is 29.6 Å². The van der Waals surface area contributed by atoms with Crippen LogP contribution in [0.3, 0.4) is 0 Å². The molecule has 2 heterocycles. The van der Waals surface area contributed by atoms with Gasteiger partial charge in [0.15, 0.2) is 0 Å². The summed E-state index contributed by atoms with van der Waals surface area (Å²) in [6.07, 6.45) is 0. The van der Waals surface area contributed by atoms with Crippen molar-refractivity contribution < 1.29 is 9.72 Å². The first kappa shape index (κ1) is 16.7. The number of amides is 1. The highest BCUT2D eigenvalue weighted by molar-refractivity contribution is 7.15. The zero-order valence-electron chi connectivity index (χ0n) is 12.8. The van der Waals surface area contributed by atoms with Crippen LogP contribution in [0.1, 0.15) is 30.5 Å². The largest absolute Gasteiger partial charge is 0.334 e. The Kier molecular flexibility index (Phi) is 4.84. The number of hydrogen-bond donors (Lipinski definition) is 1. The number of anilines is 1. The molecule has 23 heavy (non-hydrogen) atoms. The minimum atomic E-state index is -0.815. The summed E-state index contributed by atoms with van der Waals surface area (Å²) in [6.45, 7) is 5.18. The second-order valence-electron chi connectivity index (χ2n) is 5.16. The van der Waals surface area contributed by atoms with Crippen LogP contribution in [-0.4, -0.2) is 25.6 Å². The van der Waals surface area contributed by atoms with E-state index in [0.29, 0.717) is 10.8 Å². The second kappa shape index (κ2) is 6.65. The van der Waals surface area contributed by atoms with Crippen molar-refractivity contribution in [1.82, 2.24) is 14.8 Å². The van der Waals surface area contributed by atoms with Crippen molar-refractivity contribution in [1.29, 1.82) is 0 Å². The third-order valence-electron chi connectivity index (χ3n) is 3.05. The van der Waals surface area contributed by atoms with Crippen molar-refractivity contribution >= 4 is 28.1 Å². The molecule has 122 valence electrons. The lowest BCUT2D eigenvalue weighted by Gasteiger charge is -2.08. The van der Waals surface area contributed by atoms with Gasteiger partial charge in [-0.25, -0.2) is 0 Å². The van der Waals surface area contributed by atoms with E-state index in [4.69, 9.17) is 0 Å². The van der Waals surface area contributed by atoms with Gasteiger partial charge >= 0.3 is 11.2 Å². The highest BCUT2D eigenvalue weighted by Crippen LogP contribution is 2.22. The third kappa shape index (κ3) is 3.77. The van der Waals surface area contributed by atoms with Gasteiger partial charge < -0.3 is 0 Å². The zero-order chi connectivity index (χ0) is 17.1. The first-order valence-corrected chi connectivity index (χ1v) is 7.59. The van der Waals surface area contributed by atoms with Crippen molar-refractivity contribution in [2.24, 2.45) is 0 Å². The van der Waals surface area contributed by atoms with Gasteiger partial charge in [0.25, 0.3) is 0 Å². The lowest BCUT2D eigenvalue weighted by molar-refractivity contribution is -0.386. The number of nitro groups is 1. The van der Waals surface area contributed by atoms with Gasteiger partial charge in [-0.2, -0.15) is 0 Å². The van der Waals surface area contributed by atoms with Crippen molar-refractivity contribution in [2.45, 2.75) is 33.2 Å². The van der Waals surface area contributed by atoms with Gasteiger partial charge in [-0.05, 0) is 13.0 Å². The maximum atomic E-state index is 12.0. The molecule has 0 aromatic carbocycles. The van der Waals surface area contributed by atoms with Crippen LogP contribution in [0.4, 0.5) is 10.8 Å². The molecule has 0 fully saturated rings. The maximum Gasteiger partial charge on any atom is 0.334 e. The van der Waals surface area contributed by atoms with Crippen molar-refractivity contribution in [2.75, 3.05) is 5.32 Å². The van der Waals surface area contributed by atoms with Gasteiger partial charge in [0, 0.05) is 17.7 Å². The van der Waals surface area contributed by atoms with E-state index in [2.05, 4.69) is 15.5 Å². The van der Waals surface area contributed by atoms with Gasteiger partial charge in [-0.15, -0.1) is 10.2 Å². The summed E-state index contributed by atoms with van der Waals surface area (Å²) in [7, 11) is 0. The van der Waals surface area contributed by atoms with Crippen LogP contribution in [-0.2, 0) is 11.3 Å². The Bertz CT molecular complexity index is 811. The number of nitrogens with one attached hydrogen (secondary N) is 1. The Morgan fingerprint density at radius 1 is 1.43 bits per heavy atom. The predicted molar refractivity (Wildman–Crippen MR) is 84.7 cm³/mol. The van der Waals surface area contributed by atoms with E-state index in [-0.39, 0.29) is 12.5 Å². The lowest BCUT2D eigenvalue weighted by Crippen LogP contribution is -2.30. The Morgan fingerprint density at radius 2 is 2.13 bits per heavy atom. The fourth-order valence-corrected chi connectivity index (χ4v) is 2.58. The van der Waals surface area contributed by atoms with E-state index in [9.17, 15) is 19.7 Å². The molecular formula is C13H15N5O4S. The average molecular weight is 337 g/mol. The summed E-state index contributed by atoms with van der Waals surface area (Å²) >= 11 is 1.25. The Labute approximate surface area is 135 Å². The molecule has 1 amide bonds. The summed E-state index contributed by atoms with van der Waals surface area (Å²) in [5.74, 6) is -0.304. The van der Waals surface area contributed by atoms with E-state index in [1.807, 2.05) is 13.8 Å². The Morgan fingerprint density at radius 3 is 2.70 bits per heavy atom. The average Bonchev–Trinajstić information content (AvgIpc) is 2.91. The summed E-state index contributed by atoms with van der Waals surface area (Å²) in [5.41, 5.74) is -0.928. The molecule has 0 atom stereocenters. The molecule has 2 aromatic heterocycles. The Balaban J connectivity index is 2.18. The first-order valence-electron chi connectivity index (χ1n) is 6.77. The highest BCUT2D eigenvalue weighted by atomic mass is 32.1. The normalized spacial score (nSPS) is 10.8. The van der Waals surface area contributed by atoms with Crippen LogP contribution < -0.4 is 10.9 Å². The van der Waals surface area contributed by atoms with Gasteiger partial charge in [-0.1, -0.05) is 25.2 Å². The second-order valence-corrected chi connectivity index (χ2v) is 6.17. The minimum absolute atomic E-state index is 0.194. The zero-order valence-corrected chi connectivity index (χ0v) is 13.6. The highest BCUT2D eigenvalue weighted by Gasteiger charge is 2.18. The number of nitrogens with zero attached hydrogens (tertiary/aromatic N) is 4. The molecule has 0 aliphatic heterocycles. The van der Waals surface area contributed by atoms with E-state index < -0.39 is 22.1 Å². The van der Waals surface area contributed by atoms with E-state index in [0.717, 1.165) is 15.6 Å². The van der Waals surface area contributed by atoms with E-state index in [1.54, 1.807) is 6.92 Å². The van der Waals surface area contributed by atoms with Crippen LogP contribution in [0.25, 0.3) is 0 Å². The molecule has 0 unspecified atom stereocenters. The number of rotatable bonds is 5. The quantitative estimate of drug-likeness (QED) is 0.654. The van der Waals surface area contributed by atoms with Crippen LogP contribution in [0.2, 0.25) is 0 Å². The first-order chi connectivity index (χ1) is 10.8. The maximum absolute atomic E-state index is 12.0. The number of hydrogen-bond acceptors (Lipinski definition) is 7. The molecule has 0 spiro atoms. The Hall–Kier alpha value is -2.62. The molecule has 0 bridgehead atoms. The summed E-state index contributed by atoms with van der Waals surface area (Å²) < 4.78 is 1.05. The molecule has 0 aliphatic carbocycles. The molecule has 0 aliphatic rings. The summed E-state index contributed by atoms with van der Waals surface area (Å²) in [5, 5.41) is 22.3. The van der Waals surface area contributed by atoms with Crippen molar-refractivity contribution in [3.05, 3.63) is 43.3 Å². The standard InChI is InChI=1S/C13H15N5O4S/c1-7(2)11-15-16-13(23-11)14-10(19)6-17-8(3)4-5-9(12(17)20)18(21)22/h4-5,7H,6H2,1-3H3,(H,14,16,19). The third-order valence-corrected chi connectivity index (χ3v) is 4.19. The molecule has 1 N–H and O–H groups in total. The molecule has 0 saturated carbocycles. The lowest BCUT2D eigenvalue weighted by atomic mass is 10.2. The molecule has 0 radical (unpaired) electrons. The topological polar surface area (TPSA) is 120 Å². The van der Waals surface area contributed by atoms with Crippen LogP contribution >= 0.6 is 11.3 Å². The molecule has 0 saturated heterocycles. The minimum Gasteiger partial charge on any atom is -0.299 e. The van der Waals surface area contributed by atoms with Crippen molar-refractivity contribution in [3.8, 4) is 0 Å².